The van der Waals surface area contributed by atoms with E-state index in [-0.39, 0.29) is 28.9 Å². The SMILES string of the molecule is C[C@]12C=CC(O)CC1=CC(O)[C@@H]1[C@H]2CC[C@]2(C)C(=N)C(F)C[C@@H]12. The molecule has 0 aromatic carbocycles. The Hall–Kier alpha value is -1.00. The van der Waals surface area contributed by atoms with E-state index in [4.69, 9.17) is 5.41 Å². The molecule has 2 fully saturated rings. The van der Waals surface area contributed by atoms with Crippen molar-refractivity contribution in [3.05, 3.63) is 23.8 Å². The first-order chi connectivity index (χ1) is 10.8. The van der Waals surface area contributed by atoms with Crippen molar-refractivity contribution in [2.24, 2.45) is 28.6 Å². The molecule has 8 atom stereocenters. The molecular formula is C19H26FNO2. The van der Waals surface area contributed by atoms with Crippen LogP contribution in [0.1, 0.15) is 39.5 Å². The molecule has 0 aromatic rings. The highest BCUT2D eigenvalue weighted by atomic mass is 19.1. The molecule has 0 amide bonds. The first-order valence-electron chi connectivity index (χ1n) is 8.77. The molecule has 0 bridgehead atoms. The summed E-state index contributed by atoms with van der Waals surface area (Å²) >= 11 is 0. The third-order valence-corrected chi connectivity index (χ3v) is 7.43. The first kappa shape index (κ1) is 15.5. The summed E-state index contributed by atoms with van der Waals surface area (Å²) < 4.78 is 14.3. The molecule has 0 aliphatic heterocycles. The van der Waals surface area contributed by atoms with Crippen LogP contribution in [-0.4, -0.2) is 34.3 Å². The van der Waals surface area contributed by atoms with Crippen LogP contribution in [0.5, 0.6) is 0 Å². The Morgan fingerprint density at radius 2 is 2.00 bits per heavy atom. The van der Waals surface area contributed by atoms with E-state index in [0.717, 1.165) is 18.4 Å². The lowest BCUT2D eigenvalue weighted by atomic mass is 9.48. The van der Waals surface area contributed by atoms with Gasteiger partial charge in [0.15, 0.2) is 0 Å². The van der Waals surface area contributed by atoms with Crippen molar-refractivity contribution in [2.45, 2.75) is 57.9 Å². The minimum atomic E-state index is -1.15. The maximum atomic E-state index is 14.3. The summed E-state index contributed by atoms with van der Waals surface area (Å²) in [7, 11) is 0. The van der Waals surface area contributed by atoms with E-state index in [1.54, 1.807) is 0 Å². The lowest BCUT2D eigenvalue weighted by Gasteiger charge is -2.56. The Bertz CT molecular complexity index is 614. The zero-order valence-corrected chi connectivity index (χ0v) is 13.8. The Morgan fingerprint density at radius 1 is 1.26 bits per heavy atom. The van der Waals surface area contributed by atoms with Crippen LogP contribution in [0.2, 0.25) is 0 Å². The van der Waals surface area contributed by atoms with Crippen molar-refractivity contribution < 1.29 is 14.6 Å². The van der Waals surface area contributed by atoms with Gasteiger partial charge in [0.2, 0.25) is 0 Å². The summed E-state index contributed by atoms with van der Waals surface area (Å²) in [6, 6.07) is 0. The third kappa shape index (κ3) is 1.91. The molecule has 2 saturated carbocycles. The zero-order chi connectivity index (χ0) is 16.6. The second-order valence-corrected chi connectivity index (χ2v) is 8.46. The predicted octanol–water partition coefficient (Wildman–Crippen LogP) is 3.02. The minimum Gasteiger partial charge on any atom is -0.389 e. The Balaban J connectivity index is 1.78. The van der Waals surface area contributed by atoms with E-state index in [2.05, 4.69) is 13.0 Å². The summed E-state index contributed by atoms with van der Waals surface area (Å²) in [5.41, 5.74) is 0.805. The fourth-order valence-electron chi connectivity index (χ4n) is 6.02. The van der Waals surface area contributed by atoms with Crippen LogP contribution < -0.4 is 0 Å². The molecule has 0 spiro atoms. The molecule has 4 heteroatoms. The highest BCUT2D eigenvalue weighted by molar-refractivity contribution is 5.93. The number of aliphatic hydroxyl groups is 2. The van der Waals surface area contributed by atoms with Gasteiger partial charge in [0.1, 0.15) is 6.17 Å². The normalized spacial score (nSPS) is 55.0. The smallest absolute Gasteiger partial charge is 0.138 e. The number of halogens is 1. The Labute approximate surface area is 136 Å². The second kappa shape index (κ2) is 4.76. The van der Waals surface area contributed by atoms with Crippen LogP contribution in [0.3, 0.4) is 0 Å². The molecule has 4 rings (SSSR count). The van der Waals surface area contributed by atoms with E-state index >= 15 is 0 Å². The van der Waals surface area contributed by atoms with Crippen molar-refractivity contribution in [3.8, 4) is 0 Å². The largest absolute Gasteiger partial charge is 0.389 e. The summed E-state index contributed by atoms with van der Waals surface area (Å²) in [5.74, 6) is 0.301. The van der Waals surface area contributed by atoms with Gasteiger partial charge in [-0.2, -0.15) is 0 Å². The van der Waals surface area contributed by atoms with Crippen LogP contribution in [-0.2, 0) is 0 Å². The molecular weight excluding hydrogens is 293 g/mol. The first-order valence-corrected chi connectivity index (χ1v) is 8.77. The van der Waals surface area contributed by atoms with Gasteiger partial charge in [-0.3, -0.25) is 0 Å². The molecule has 0 saturated heterocycles. The van der Waals surface area contributed by atoms with E-state index in [9.17, 15) is 14.6 Å². The van der Waals surface area contributed by atoms with Crippen LogP contribution in [0.4, 0.5) is 4.39 Å². The highest BCUT2D eigenvalue weighted by Crippen LogP contribution is 2.63. The number of alkyl halides is 1. The molecule has 4 aliphatic rings. The summed E-state index contributed by atoms with van der Waals surface area (Å²) in [6.45, 7) is 4.21. The number of allylic oxidation sites excluding steroid dienone is 1. The van der Waals surface area contributed by atoms with E-state index in [0.29, 0.717) is 12.8 Å². The maximum absolute atomic E-state index is 14.3. The van der Waals surface area contributed by atoms with E-state index in [1.165, 1.54) is 0 Å². The molecule has 0 radical (unpaired) electrons. The number of rotatable bonds is 0. The fourth-order valence-corrected chi connectivity index (χ4v) is 6.02. The van der Waals surface area contributed by atoms with Gasteiger partial charge in [-0.15, -0.1) is 0 Å². The summed E-state index contributed by atoms with van der Waals surface area (Å²) in [6.07, 6.45) is 6.34. The van der Waals surface area contributed by atoms with E-state index < -0.39 is 23.8 Å². The average Bonchev–Trinajstić information content (AvgIpc) is 2.73. The number of hydrogen-bond donors (Lipinski definition) is 3. The minimum absolute atomic E-state index is 0.00323. The molecule has 0 aromatic heterocycles. The predicted molar refractivity (Wildman–Crippen MR) is 87.0 cm³/mol. The molecule has 3 N–H and O–H groups in total. The van der Waals surface area contributed by atoms with Gasteiger partial charge in [-0.05, 0) is 43.4 Å². The van der Waals surface area contributed by atoms with Crippen molar-refractivity contribution in [1.29, 1.82) is 5.41 Å². The van der Waals surface area contributed by atoms with Gasteiger partial charge in [-0.1, -0.05) is 37.6 Å². The number of fused-ring (bicyclic) bond motifs is 5. The standard InChI is InChI=1S/C19H26FNO2/c1-18-5-3-11(22)7-10(18)8-15(23)16-12(18)4-6-19(2)13(16)9-14(20)17(19)21/h3,5,8,11-16,21-23H,4,6-7,9H2,1-2H3/t11?,12-,13+,14?,15?,16-,18+,19+/m1/s1. The van der Waals surface area contributed by atoms with Gasteiger partial charge in [-0.25, -0.2) is 4.39 Å². The number of aliphatic hydroxyl groups excluding tert-OH is 2. The maximum Gasteiger partial charge on any atom is 0.138 e. The number of nitrogens with one attached hydrogen (secondary N) is 1. The van der Waals surface area contributed by atoms with Crippen LogP contribution in [0.25, 0.3) is 0 Å². The molecule has 3 nitrogen and oxygen atoms in total. The van der Waals surface area contributed by atoms with Gasteiger partial charge >= 0.3 is 0 Å². The van der Waals surface area contributed by atoms with Gasteiger partial charge in [0.25, 0.3) is 0 Å². The monoisotopic (exact) mass is 319 g/mol. The van der Waals surface area contributed by atoms with Crippen molar-refractivity contribution in [2.75, 3.05) is 0 Å². The highest BCUT2D eigenvalue weighted by Gasteiger charge is 2.61. The molecule has 23 heavy (non-hydrogen) atoms. The van der Waals surface area contributed by atoms with Gasteiger partial charge in [0.05, 0.1) is 12.2 Å². The lowest BCUT2D eigenvalue weighted by Crippen LogP contribution is -2.53. The summed E-state index contributed by atoms with van der Waals surface area (Å²) in [4.78, 5) is 0. The van der Waals surface area contributed by atoms with Crippen LogP contribution in [0, 0.1) is 34.0 Å². The van der Waals surface area contributed by atoms with Crippen molar-refractivity contribution in [1.82, 2.24) is 0 Å². The van der Waals surface area contributed by atoms with Crippen molar-refractivity contribution >= 4 is 5.71 Å². The van der Waals surface area contributed by atoms with Crippen molar-refractivity contribution in [3.63, 3.8) is 0 Å². The molecule has 126 valence electrons. The number of hydrogen-bond acceptors (Lipinski definition) is 3. The third-order valence-electron chi connectivity index (χ3n) is 7.43. The van der Waals surface area contributed by atoms with Crippen LogP contribution >= 0.6 is 0 Å². The Morgan fingerprint density at radius 3 is 2.74 bits per heavy atom. The molecule has 3 unspecified atom stereocenters. The molecule has 4 aliphatic carbocycles. The topological polar surface area (TPSA) is 64.3 Å². The van der Waals surface area contributed by atoms with Gasteiger partial charge < -0.3 is 15.6 Å². The molecule has 0 heterocycles. The Kier molecular flexibility index (Phi) is 3.21. The second-order valence-electron chi connectivity index (χ2n) is 8.46. The van der Waals surface area contributed by atoms with Crippen LogP contribution in [0.15, 0.2) is 23.8 Å². The zero-order valence-electron chi connectivity index (χ0n) is 13.8. The average molecular weight is 319 g/mol. The van der Waals surface area contributed by atoms with Gasteiger partial charge in [0, 0.05) is 16.5 Å². The lowest BCUT2D eigenvalue weighted by molar-refractivity contribution is -0.0488. The fraction of sp³-hybridized carbons (Fsp3) is 0.737. The summed E-state index contributed by atoms with van der Waals surface area (Å²) in [5, 5.41) is 28.9. The van der Waals surface area contributed by atoms with E-state index in [1.807, 2.05) is 19.1 Å². The quantitative estimate of drug-likeness (QED) is 0.601.